The van der Waals surface area contributed by atoms with Crippen molar-refractivity contribution >= 4 is 11.7 Å². The van der Waals surface area contributed by atoms with E-state index in [1.807, 2.05) is 19.1 Å². The molecule has 146 valence electrons. The second-order valence-electron chi connectivity index (χ2n) is 8.48. The first kappa shape index (κ1) is 17.6. The average molecular weight is 378 g/mol. The van der Waals surface area contributed by atoms with Gasteiger partial charge in [0.1, 0.15) is 11.5 Å². The molecule has 1 spiro atoms. The van der Waals surface area contributed by atoms with Crippen molar-refractivity contribution in [2.24, 2.45) is 11.8 Å². The molecule has 1 N–H and O–H groups in total. The van der Waals surface area contributed by atoms with Crippen molar-refractivity contribution in [1.29, 1.82) is 0 Å². The maximum absolute atomic E-state index is 12.4. The van der Waals surface area contributed by atoms with Crippen molar-refractivity contribution in [1.82, 2.24) is 15.3 Å². The van der Waals surface area contributed by atoms with Gasteiger partial charge in [-0.25, -0.2) is 4.98 Å². The Bertz CT molecular complexity index is 882. The second kappa shape index (κ2) is 6.55. The molecule has 0 aliphatic carbocycles. The predicted molar refractivity (Wildman–Crippen MR) is 106 cm³/mol. The van der Waals surface area contributed by atoms with E-state index in [0.29, 0.717) is 24.1 Å². The quantitative estimate of drug-likeness (QED) is 0.885. The van der Waals surface area contributed by atoms with Crippen LogP contribution in [0, 0.1) is 25.7 Å². The molecular formula is C22H26N4O2. The number of ether oxygens (including phenoxy) is 1. The summed E-state index contributed by atoms with van der Waals surface area (Å²) in [4.78, 5) is 23.7. The van der Waals surface area contributed by atoms with Gasteiger partial charge in [0.25, 0.3) is 5.91 Å². The summed E-state index contributed by atoms with van der Waals surface area (Å²) in [5.74, 6) is 1.71. The Morgan fingerprint density at radius 1 is 1.36 bits per heavy atom. The standard InChI is InChI=1S/C22H26N4O2/c1-14-9-15(2)25-20(10-14)26-12-17-16(19-6-7-22(17,13-26)28-19)11-24-21(27)18-5-3-4-8-23-18/h3-5,8-10,16-17,19H,6-7,11-13H2,1-2H3,(H,24,27)/t16-,17+,19+,22+/m0/s1. The minimum absolute atomic E-state index is 0.0790. The Morgan fingerprint density at radius 2 is 2.25 bits per heavy atom. The molecule has 1 amide bonds. The van der Waals surface area contributed by atoms with Crippen LogP contribution in [0.15, 0.2) is 36.5 Å². The number of nitrogens with zero attached hydrogens (tertiary/aromatic N) is 3. The highest BCUT2D eigenvalue weighted by atomic mass is 16.5. The lowest BCUT2D eigenvalue weighted by atomic mass is 9.73. The molecule has 0 radical (unpaired) electrons. The van der Waals surface area contributed by atoms with Crippen LogP contribution < -0.4 is 10.2 Å². The van der Waals surface area contributed by atoms with Crippen LogP contribution in [-0.4, -0.2) is 47.2 Å². The number of rotatable bonds is 4. The molecule has 3 fully saturated rings. The second-order valence-corrected chi connectivity index (χ2v) is 8.48. The van der Waals surface area contributed by atoms with Crippen LogP contribution in [0.2, 0.25) is 0 Å². The molecule has 2 aromatic rings. The minimum Gasteiger partial charge on any atom is -0.369 e. The number of anilines is 1. The maximum atomic E-state index is 12.4. The van der Waals surface area contributed by atoms with Gasteiger partial charge in [-0.1, -0.05) is 6.07 Å². The van der Waals surface area contributed by atoms with Crippen molar-refractivity contribution in [3.8, 4) is 0 Å². The first-order valence-electron chi connectivity index (χ1n) is 10.1. The summed E-state index contributed by atoms with van der Waals surface area (Å²) in [5, 5.41) is 3.09. The number of hydrogen-bond acceptors (Lipinski definition) is 5. The van der Waals surface area contributed by atoms with E-state index in [9.17, 15) is 4.79 Å². The third kappa shape index (κ3) is 2.87. The molecule has 0 unspecified atom stereocenters. The number of carbonyl (C=O) groups excluding carboxylic acids is 1. The van der Waals surface area contributed by atoms with Gasteiger partial charge in [0.05, 0.1) is 11.7 Å². The Balaban J connectivity index is 1.31. The number of hydrogen-bond donors (Lipinski definition) is 1. The van der Waals surface area contributed by atoms with Crippen LogP contribution >= 0.6 is 0 Å². The van der Waals surface area contributed by atoms with E-state index in [2.05, 4.69) is 34.3 Å². The van der Waals surface area contributed by atoms with E-state index in [4.69, 9.17) is 9.72 Å². The van der Waals surface area contributed by atoms with Gasteiger partial charge in [-0.05, 0) is 56.5 Å². The number of amides is 1. The van der Waals surface area contributed by atoms with Crippen LogP contribution in [0.1, 0.15) is 34.6 Å². The normalized spacial score (nSPS) is 30.5. The van der Waals surface area contributed by atoms with Crippen molar-refractivity contribution in [2.75, 3.05) is 24.5 Å². The number of aryl methyl sites for hydroxylation is 2. The van der Waals surface area contributed by atoms with Crippen LogP contribution in [0.5, 0.6) is 0 Å². The summed E-state index contributed by atoms with van der Waals surface area (Å²) >= 11 is 0. The molecule has 3 aliphatic heterocycles. The van der Waals surface area contributed by atoms with E-state index < -0.39 is 0 Å². The molecule has 6 heteroatoms. The topological polar surface area (TPSA) is 67.4 Å². The molecule has 3 aliphatic rings. The highest BCUT2D eigenvalue weighted by Crippen LogP contribution is 2.55. The SMILES string of the molecule is Cc1cc(C)nc(N2C[C@@H]3[C@H](CNC(=O)c4ccccn4)[C@H]4CC[C@]3(C2)O4)c1. The highest BCUT2D eigenvalue weighted by molar-refractivity contribution is 5.92. The Hall–Kier alpha value is -2.47. The fourth-order valence-electron chi connectivity index (χ4n) is 5.42. The fourth-order valence-corrected chi connectivity index (χ4v) is 5.42. The van der Waals surface area contributed by atoms with Gasteiger partial charge < -0.3 is 15.0 Å². The first-order valence-corrected chi connectivity index (χ1v) is 10.1. The third-order valence-corrected chi connectivity index (χ3v) is 6.59. The highest BCUT2D eigenvalue weighted by Gasteiger charge is 2.63. The van der Waals surface area contributed by atoms with Crippen molar-refractivity contribution in [3.63, 3.8) is 0 Å². The van der Waals surface area contributed by atoms with E-state index in [0.717, 1.165) is 37.4 Å². The van der Waals surface area contributed by atoms with Crippen molar-refractivity contribution in [3.05, 3.63) is 53.5 Å². The molecule has 0 saturated carbocycles. The fraction of sp³-hybridized carbons (Fsp3) is 0.500. The van der Waals surface area contributed by atoms with Crippen LogP contribution in [0.3, 0.4) is 0 Å². The van der Waals surface area contributed by atoms with Gasteiger partial charge in [0, 0.05) is 43.4 Å². The summed E-state index contributed by atoms with van der Waals surface area (Å²) in [5.41, 5.74) is 2.67. The zero-order valence-corrected chi connectivity index (χ0v) is 16.4. The van der Waals surface area contributed by atoms with Crippen molar-refractivity contribution < 1.29 is 9.53 Å². The number of nitrogens with one attached hydrogen (secondary N) is 1. The number of fused-ring (bicyclic) bond motifs is 1. The largest absolute Gasteiger partial charge is 0.369 e. The van der Waals surface area contributed by atoms with Gasteiger partial charge in [-0.3, -0.25) is 9.78 Å². The number of carbonyl (C=O) groups is 1. The van der Waals surface area contributed by atoms with E-state index in [1.165, 1.54) is 5.56 Å². The van der Waals surface area contributed by atoms with Gasteiger partial charge in [0.15, 0.2) is 0 Å². The van der Waals surface area contributed by atoms with Crippen LogP contribution in [0.4, 0.5) is 5.82 Å². The van der Waals surface area contributed by atoms with Gasteiger partial charge in [-0.15, -0.1) is 0 Å². The van der Waals surface area contributed by atoms with Gasteiger partial charge in [-0.2, -0.15) is 0 Å². The minimum atomic E-state index is -0.108. The zero-order chi connectivity index (χ0) is 19.3. The lowest BCUT2D eigenvalue weighted by Gasteiger charge is -2.29. The first-order chi connectivity index (χ1) is 13.5. The van der Waals surface area contributed by atoms with E-state index >= 15 is 0 Å². The lowest BCUT2D eigenvalue weighted by Crippen LogP contribution is -2.42. The molecule has 4 atom stereocenters. The average Bonchev–Trinajstić information content (AvgIpc) is 3.34. The van der Waals surface area contributed by atoms with Gasteiger partial charge in [0.2, 0.25) is 0 Å². The van der Waals surface area contributed by atoms with E-state index in [-0.39, 0.29) is 17.6 Å². The summed E-state index contributed by atoms with van der Waals surface area (Å²) in [7, 11) is 0. The summed E-state index contributed by atoms with van der Waals surface area (Å²) in [6.07, 6.45) is 4.09. The molecular weight excluding hydrogens is 352 g/mol. The predicted octanol–water partition coefficient (Wildman–Crippen LogP) is 2.51. The Kier molecular flexibility index (Phi) is 4.12. The van der Waals surface area contributed by atoms with Crippen LogP contribution in [0.25, 0.3) is 0 Å². The zero-order valence-electron chi connectivity index (χ0n) is 16.4. The molecule has 3 saturated heterocycles. The number of pyridine rings is 2. The molecule has 0 aromatic carbocycles. The molecule has 5 rings (SSSR count). The maximum Gasteiger partial charge on any atom is 0.269 e. The van der Waals surface area contributed by atoms with Gasteiger partial charge >= 0.3 is 0 Å². The third-order valence-electron chi connectivity index (χ3n) is 6.59. The Labute approximate surface area is 165 Å². The smallest absolute Gasteiger partial charge is 0.269 e. The molecule has 5 heterocycles. The summed E-state index contributed by atoms with van der Waals surface area (Å²) < 4.78 is 6.51. The summed E-state index contributed by atoms with van der Waals surface area (Å²) in [6.45, 7) is 6.64. The molecule has 28 heavy (non-hydrogen) atoms. The van der Waals surface area contributed by atoms with Crippen LogP contribution in [-0.2, 0) is 4.74 Å². The molecule has 2 bridgehead atoms. The monoisotopic (exact) mass is 378 g/mol. The molecule has 6 nitrogen and oxygen atoms in total. The van der Waals surface area contributed by atoms with Crippen molar-refractivity contribution in [2.45, 2.75) is 38.4 Å². The Morgan fingerprint density at radius 3 is 3.04 bits per heavy atom. The summed E-state index contributed by atoms with van der Waals surface area (Å²) in [6, 6.07) is 9.67. The number of aromatic nitrogens is 2. The molecule has 2 aromatic heterocycles. The lowest BCUT2D eigenvalue weighted by molar-refractivity contribution is 0.0141. The van der Waals surface area contributed by atoms with E-state index in [1.54, 1.807) is 12.3 Å².